The molecule has 0 saturated heterocycles. The normalized spacial score (nSPS) is 16.1. The maximum absolute atomic E-state index is 13.5. The van der Waals surface area contributed by atoms with Crippen LogP contribution in [-0.2, 0) is 28.8 Å². The average Bonchev–Trinajstić information content (AvgIpc) is 2.91. The van der Waals surface area contributed by atoms with Crippen LogP contribution in [0, 0.1) is 29.6 Å². The Labute approximate surface area is 286 Å². The Morgan fingerprint density at radius 2 is 0.875 bits per heavy atom. The van der Waals surface area contributed by atoms with E-state index in [2.05, 4.69) is 26.6 Å². The number of aliphatic carboxylic acids is 1. The van der Waals surface area contributed by atoms with E-state index in [0.717, 1.165) is 0 Å². The zero-order valence-corrected chi connectivity index (χ0v) is 30.8. The fourth-order valence-corrected chi connectivity index (χ4v) is 5.16. The molecule has 0 heterocycles. The van der Waals surface area contributed by atoms with Gasteiger partial charge in [-0.1, -0.05) is 69.2 Å². The summed E-state index contributed by atoms with van der Waals surface area (Å²) < 4.78 is 0. The second kappa shape index (κ2) is 21.7. The molecule has 0 aromatic carbocycles. The highest BCUT2D eigenvalue weighted by molar-refractivity contribution is 5.92. The first-order valence-corrected chi connectivity index (χ1v) is 17.1. The number of rotatable bonds is 22. The number of aliphatic hydroxyl groups is 2. The molecular weight excluding hydrogens is 622 g/mol. The molecule has 0 saturated carbocycles. The first-order valence-electron chi connectivity index (χ1n) is 17.1. The van der Waals surface area contributed by atoms with Crippen LogP contribution >= 0.6 is 0 Å². The number of carbonyl (C=O) groups is 6. The van der Waals surface area contributed by atoms with Crippen molar-refractivity contribution in [3.63, 3.8) is 0 Å². The van der Waals surface area contributed by atoms with Gasteiger partial charge in [0, 0.05) is 6.42 Å². The molecule has 0 aromatic rings. The molecule has 278 valence electrons. The van der Waals surface area contributed by atoms with Gasteiger partial charge in [0.15, 0.2) is 0 Å². The van der Waals surface area contributed by atoms with E-state index in [0.29, 0.717) is 12.8 Å². The maximum Gasteiger partial charge on any atom is 0.306 e. The Bertz CT molecular complexity index is 1060. The van der Waals surface area contributed by atoms with E-state index in [4.69, 9.17) is 5.11 Å². The van der Waals surface area contributed by atoms with Crippen LogP contribution < -0.4 is 26.6 Å². The molecule has 0 aliphatic carbocycles. The summed E-state index contributed by atoms with van der Waals surface area (Å²) in [4.78, 5) is 75.9. The monoisotopic (exact) mass is 685 g/mol. The smallest absolute Gasteiger partial charge is 0.306 e. The molecule has 14 nitrogen and oxygen atoms in total. The van der Waals surface area contributed by atoms with Crippen LogP contribution in [0.2, 0.25) is 0 Å². The van der Waals surface area contributed by atoms with E-state index in [9.17, 15) is 39.0 Å². The van der Waals surface area contributed by atoms with Crippen molar-refractivity contribution in [3.8, 4) is 0 Å². The molecule has 0 aliphatic heterocycles. The van der Waals surface area contributed by atoms with Crippen molar-refractivity contribution in [2.45, 2.75) is 151 Å². The number of aliphatic hydroxyl groups excluding tert-OH is 2. The highest BCUT2D eigenvalue weighted by Crippen LogP contribution is 2.15. The van der Waals surface area contributed by atoms with Gasteiger partial charge in [-0.15, -0.1) is 0 Å². The molecule has 48 heavy (non-hydrogen) atoms. The number of carboxylic acids is 1. The molecular formula is C34H63N5O9. The van der Waals surface area contributed by atoms with E-state index in [1.54, 1.807) is 27.7 Å². The predicted octanol–water partition coefficient (Wildman–Crippen LogP) is 1.47. The number of amides is 5. The minimum Gasteiger partial charge on any atom is -0.481 e. The topological polar surface area (TPSA) is 223 Å². The van der Waals surface area contributed by atoms with E-state index in [1.807, 2.05) is 41.5 Å². The van der Waals surface area contributed by atoms with Gasteiger partial charge in [0.25, 0.3) is 0 Å². The lowest BCUT2D eigenvalue weighted by atomic mass is 9.95. The minimum absolute atomic E-state index is 0.0152. The van der Waals surface area contributed by atoms with Gasteiger partial charge in [-0.25, -0.2) is 0 Å². The first-order chi connectivity index (χ1) is 22.0. The summed E-state index contributed by atoms with van der Waals surface area (Å²) in [5, 5.41) is 43.9. The molecule has 0 aliphatic rings. The fraction of sp³-hybridized carbons (Fsp3) is 0.824. The second-order valence-electron chi connectivity index (χ2n) is 14.8. The summed E-state index contributed by atoms with van der Waals surface area (Å²) in [5.74, 6) is -4.25. The van der Waals surface area contributed by atoms with Crippen LogP contribution in [0.4, 0.5) is 0 Å². The van der Waals surface area contributed by atoms with Crippen LogP contribution in [0.15, 0.2) is 0 Å². The van der Waals surface area contributed by atoms with E-state index < -0.39 is 84.9 Å². The molecule has 0 bridgehead atoms. The van der Waals surface area contributed by atoms with E-state index in [-0.39, 0.29) is 41.9 Å². The molecule has 5 amide bonds. The third-order valence-corrected chi connectivity index (χ3v) is 7.69. The average molecular weight is 686 g/mol. The Balaban J connectivity index is 5.60. The predicted molar refractivity (Wildman–Crippen MR) is 182 cm³/mol. The summed E-state index contributed by atoms with van der Waals surface area (Å²) in [5.41, 5.74) is 0. The molecule has 0 radical (unpaired) electrons. The number of nitrogens with one attached hydrogen (secondary N) is 5. The lowest BCUT2D eigenvalue weighted by molar-refractivity contribution is -0.140. The molecule has 0 spiro atoms. The third-order valence-electron chi connectivity index (χ3n) is 7.69. The van der Waals surface area contributed by atoms with Gasteiger partial charge in [-0.3, -0.25) is 28.8 Å². The van der Waals surface area contributed by atoms with E-state index >= 15 is 0 Å². The second-order valence-corrected chi connectivity index (χ2v) is 14.8. The minimum atomic E-state index is -1.33. The lowest BCUT2D eigenvalue weighted by Gasteiger charge is -2.31. The van der Waals surface area contributed by atoms with Gasteiger partial charge in [0.05, 0.1) is 37.1 Å². The zero-order valence-electron chi connectivity index (χ0n) is 30.8. The number of carboxylic acid groups (broad SMARTS) is 1. The largest absolute Gasteiger partial charge is 0.481 e. The first kappa shape index (κ1) is 44.7. The molecule has 0 aromatic heterocycles. The van der Waals surface area contributed by atoms with Crippen LogP contribution in [0.1, 0.15) is 108 Å². The van der Waals surface area contributed by atoms with Gasteiger partial charge in [0.1, 0.15) is 18.1 Å². The highest BCUT2D eigenvalue weighted by Gasteiger charge is 2.34. The van der Waals surface area contributed by atoms with E-state index in [1.165, 1.54) is 6.92 Å². The Kier molecular flexibility index (Phi) is 20.2. The van der Waals surface area contributed by atoms with Crippen molar-refractivity contribution in [3.05, 3.63) is 0 Å². The molecule has 14 heteroatoms. The molecule has 0 fully saturated rings. The standard InChI is InChI=1S/C34H63N5O9/c1-17(2)12-23(37-33(47)31(21(9)10)39-34(48)30(20(7)8)38-27(42)14-19(5)6)25(40)15-28(43)35-22(11)32(46)36-24(13-18(3)4)26(41)16-29(44)45/h17-26,30-31,40-41H,12-16H2,1-11H3,(H,35,43)(H,36,46)(H,37,47)(H,38,42)(H,39,48)(H,44,45)/t22-,23-,24-,25-,26-,30+,31-/m0/s1. The van der Waals surface area contributed by atoms with Crippen LogP contribution in [0.3, 0.4) is 0 Å². The Morgan fingerprint density at radius 3 is 1.29 bits per heavy atom. The number of hydrogen-bond donors (Lipinski definition) is 8. The lowest BCUT2D eigenvalue weighted by Crippen LogP contribution is -2.59. The van der Waals surface area contributed by atoms with Crippen molar-refractivity contribution in [1.82, 2.24) is 26.6 Å². The quantitative estimate of drug-likeness (QED) is 0.0825. The Hall–Kier alpha value is -3.26. The molecule has 8 N–H and O–H groups in total. The number of hydrogen-bond acceptors (Lipinski definition) is 8. The van der Waals surface area contributed by atoms with Gasteiger partial charge < -0.3 is 41.9 Å². The van der Waals surface area contributed by atoms with Crippen LogP contribution in [-0.4, -0.2) is 93.2 Å². The van der Waals surface area contributed by atoms with Crippen LogP contribution in [0.25, 0.3) is 0 Å². The Morgan fingerprint density at radius 1 is 0.479 bits per heavy atom. The van der Waals surface area contributed by atoms with Gasteiger partial charge >= 0.3 is 5.97 Å². The van der Waals surface area contributed by atoms with Crippen molar-refractivity contribution < 1.29 is 44.1 Å². The highest BCUT2D eigenvalue weighted by atomic mass is 16.4. The third kappa shape index (κ3) is 17.8. The van der Waals surface area contributed by atoms with Gasteiger partial charge in [-0.2, -0.15) is 0 Å². The van der Waals surface area contributed by atoms with Crippen molar-refractivity contribution in [2.24, 2.45) is 29.6 Å². The fourth-order valence-electron chi connectivity index (χ4n) is 5.16. The number of carbonyl (C=O) groups excluding carboxylic acids is 5. The summed E-state index contributed by atoms with van der Waals surface area (Å²) in [6.07, 6.45) is -2.76. The summed E-state index contributed by atoms with van der Waals surface area (Å²) >= 11 is 0. The molecule has 0 rings (SSSR count). The summed E-state index contributed by atoms with van der Waals surface area (Å²) in [7, 11) is 0. The zero-order chi connectivity index (χ0) is 37.5. The van der Waals surface area contributed by atoms with Crippen molar-refractivity contribution in [1.29, 1.82) is 0 Å². The van der Waals surface area contributed by atoms with Crippen LogP contribution in [0.5, 0.6) is 0 Å². The SMILES string of the molecule is CC(C)CC(=O)N[C@@H](C(=O)N[C@H](C(=O)N[C@@H](CC(C)C)[C@@H](O)CC(=O)N[C@@H](C)C(=O)N[C@@H](CC(C)C)[C@@H](O)CC(=O)O)C(C)C)C(C)C. The summed E-state index contributed by atoms with van der Waals surface area (Å²) in [6, 6.07) is -4.61. The molecule has 7 atom stereocenters. The maximum atomic E-state index is 13.5. The van der Waals surface area contributed by atoms with Gasteiger partial charge in [-0.05, 0) is 49.4 Å². The van der Waals surface area contributed by atoms with Gasteiger partial charge in [0.2, 0.25) is 29.5 Å². The molecule has 0 unspecified atom stereocenters. The van der Waals surface area contributed by atoms with Crippen molar-refractivity contribution in [2.75, 3.05) is 0 Å². The van der Waals surface area contributed by atoms with Crippen molar-refractivity contribution >= 4 is 35.5 Å². The summed E-state index contributed by atoms with van der Waals surface area (Å²) in [6.45, 7) is 19.8.